The van der Waals surface area contributed by atoms with Crippen LogP contribution in [0.4, 0.5) is 0 Å². The normalized spacial score (nSPS) is 22.0. The van der Waals surface area contributed by atoms with E-state index in [9.17, 15) is 9.59 Å². The summed E-state index contributed by atoms with van der Waals surface area (Å²) in [6.45, 7) is 5.67. The van der Waals surface area contributed by atoms with Crippen molar-refractivity contribution in [1.82, 2.24) is 24.4 Å². The maximum Gasteiger partial charge on any atom is 0.272 e. The maximum absolute atomic E-state index is 12.7. The number of morpholine rings is 1. The molecule has 2 aromatic rings. The predicted octanol–water partition coefficient (Wildman–Crippen LogP) is 0.717. The minimum absolute atomic E-state index is 0.0154. The summed E-state index contributed by atoms with van der Waals surface area (Å²) in [5, 5.41) is 3.00. The lowest BCUT2D eigenvalue weighted by atomic mass is 9.99. The summed E-state index contributed by atoms with van der Waals surface area (Å²) in [5.41, 5.74) is 2.19. The molecule has 2 fully saturated rings. The molecule has 0 aromatic carbocycles. The molecule has 140 valence electrons. The molecule has 26 heavy (non-hydrogen) atoms. The molecular formula is C18H25N5O3. The third-order valence-corrected chi connectivity index (χ3v) is 5.26. The van der Waals surface area contributed by atoms with Gasteiger partial charge in [-0.2, -0.15) is 0 Å². The number of H-pyrrole nitrogens is 1. The van der Waals surface area contributed by atoms with Crippen molar-refractivity contribution >= 4 is 11.6 Å². The van der Waals surface area contributed by atoms with Crippen molar-refractivity contribution < 1.29 is 9.53 Å². The molecule has 0 aliphatic carbocycles. The van der Waals surface area contributed by atoms with Gasteiger partial charge in [-0.25, -0.2) is 9.50 Å². The molecule has 4 heterocycles. The van der Waals surface area contributed by atoms with Gasteiger partial charge in [0, 0.05) is 30.9 Å². The highest BCUT2D eigenvalue weighted by atomic mass is 16.5. The van der Waals surface area contributed by atoms with Crippen LogP contribution in [0.5, 0.6) is 0 Å². The van der Waals surface area contributed by atoms with Gasteiger partial charge < -0.3 is 9.64 Å². The fourth-order valence-electron chi connectivity index (χ4n) is 3.90. The second kappa shape index (κ2) is 7.20. The molecule has 2 aliphatic heterocycles. The summed E-state index contributed by atoms with van der Waals surface area (Å²) >= 11 is 0. The number of rotatable bonds is 3. The molecule has 1 amide bonds. The molecule has 1 unspecified atom stereocenters. The SMILES string of the molecule is Cc1cc2nc(C3CCCCN3CC(=O)N3CCOCC3)cc(=O)n2[nH]1. The lowest BCUT2D eigenvalue weighted by molar-refractivity contribution is -0.137. The number of aromatic amines is 1. The first kappa shape index (κ1) is 17.2. The second-order valence-corrected chi connectivity index (χ2v) is 7.13. The van der Waals surface area contributed by atoms with E-state index in [1.54, 1.807) is 6.07 Å². The number of piperidine rings is 1. The van der Waals surface area contributed by atoms with Crippen molar-refractivity contribution in [1.29, 1.82) is 0 Å². The van der Waals surface area contributed by atoms with Crippen LogP contribution in [0.2, 0.25) is 0 Å². The molecule has 8 heteroatoms. The number of ether oxygens (including phenoxy) is 1. The topological polar surface area (TPSA) is 82.9 Å². The van der Waals surface area contributed by atoms with Crippen molar-refractivity contribution in [3.8, 4) is 0 Å². The minimum atomic E-state index is -0.108. The van der Waals surface area contributed by atoms with Gasteiger partial charge in [-0.3, -0.25) is 19.6 Å². The number of likely N-dealkylation sites (tertiary alicyclic amines) is 1. The Kier molecular flexibility index (Phi) is 4.78. The van der Waals surface area contributed by atoms with E-state index < -0.39 is 0 Å². The van der Waals surface area contributed by atoms with E-state index in [-0.39, 0.29) is 17.5 Å². The van der Waals surface area contributed by atoms with E-state index in [2.05, 4.69) is 10.00 Å². The third kappa shape index (κ3) is 3.39. The van der Waals surface area contributed by atoms with Gasteiger partial charge in [0.1, 0.15) is 0 Å². The van der Waals surface area contributed by atoms with E-state index in [1.807, 2.05) is 17.9 Å². The van der Waals surface area contributed by atoms with Crippen LogP contribution in [0.25, 0.3) is 5.65 Å². The number of carbonyl (C=O) groups excluding carboxylic acids is 1. The minimum Gasteiger partial charge on any atom is -0.378 e. The zero-order chi connectivity index (χ0) is 18.1. The fourth-order valence-corrected chi connectivity index (χ4v) is 3.90. The highest BCUT2D eigenvalue weighted by Gasteiger charge is 2.29. The van der Waals surface area contributed by atoms with Crippen molar-refractivity contribution in [3.05, 3.63) is 33.9 Å². The average molecular weight is 359 g/mol. The van der Waals surface area contributed by atoms with Gasteiger partial charge in [-0.05, 0) is 26.3 Å². The highest BCUT2D eigenvalue weighted by molar-refractivity contribution is 5.78. The Morgan fingerprint density at radius 3 is 2.88 bits per heavy atom. The Morgan fingerprint density at radius 1 is 1.27 bits per heavy atom. The van der Waals surface area contributed by atoms with Crippen molar-refractivity contribution in [3.63, 3.8) is 0 Å². The number of nitrogens with one attached hydrogen (secondary N) is 1. The molecule has 1 N–H and O–H groups in total. The maximum atomic E-state index is 12.7. The van der Waals surface area contributed by atoms with Crippen LogP contribution in [-0.4, -0.2) is 69.7 Å². The quantitative estimate of drug-likeness (QED) is 0.873. The summed E-state index contributed by atoms with van der Waals surface area (Å²) in [6.07, 6.45) is 3.07. The van der Waals surface area contributed by atoms with Crippen LogP contribution >= 0.6 is 0 Å². The zero-order valence-electron chi connectivity index (χ0n) is 15.1. The molecular weight excluding hydrogens is 334 g/mol. The molecule has 0 radical (unpaired) electrons. The summed E-state index contributed by atoms with van der Waals surface area (Å²) in [4.78, 5) is 33.8. The first-order chi connectivity index (χ1) is 12.6. The molecule has 2 aliphatic rings. The van der Waals surface area contributed by atoms with Crippen LogP contribution in [0.15, 0.2) is 16.9 Å². The van der Waals surface area contributed by atoms with Gasteiger partial charge in [0.05, 0.1) is 31.5 Å². The molecule has 0 spiro atoms. The standard InChI is InChI=1S/C18H25N5O3/c1-13-10-16-19-14(11-17(24)23(16)20-13)15-4-2-3-5-22(15)12-18(25)21-6-8-26-9-7-21/h10-11,15,20H,2-9,12H2,1H3. The van der Waals surface area contributed by atoms with Gasteiger partial charge in [0.25, 0.3) is 5.56 Å². The number of amides is 1. The first-order valence-electron chi connectivity index (χ1n) is 9.31. The van der Waals surface area contributed by atoms with Crippen molar-refractivity contribution in [2.24, 2.45) is 0 Å². The largest absolute Gasteiger partial charge is 0.378 e. The van der Waals surface area contributed by atoms with Crippen LogP contribution < -0.4 is 5.56 Å². The Bertz CT molecular complexity index is 852. The number of aryl methyl sites for hydroxylation is 1. The van der Waals surface area contributed by atoms with Crippen molar-refractivity contribution in [2.75, 3.05) is 39.4 Å². The number of nitrogens with zero attached hydrogens (tertiary/aromatic N) is 4. The Labute approximate surface area is 151 Å². The average Bonchev–Trinajstić information content (AvgIpc) is 3.04. The van der Waals surface area contributed by atoms with E-state index in [0.717, 1.165) is 37.2 Å². The zero-order valence-corrected chi connectivity index (χ0v) is 15.1. The van der Waals surface area contributed by atoms with E-state index in [1.165, 1.54) is 4.52 Å². The second-order valence-electron chi connectivity index (χ2n) is 7.13. The van der Waals surface area contributed by atoms with Crippen LogP contribution in [0, 0.1) is 6.92 Å². The summed E-state index contributed by atoms with van der Waals surface area (Å²) in [6, 6.07) is 3.49. The Balaban J connectivity index is 1.57. The highest BCUT2D eigenvalue weighted by Crippen LogP contribution is 2.29. The van der Waals surface area contributed by atoms with Gasteiger partial charge in [-0.1, -0.05) is 6.42 Å². The first-order valence-corrected chi connectivity index (χ1v) is 9.31. The molecule has 8 nitrogen and oxygen atoms in total. The number of hydrogen-bond acceptors (Lipinski definition) is 5. The van der Waals surface area contributed by atoms with E-state index in [4.69, 9.17) is 9.72 Å². The molecule has 2 saturated heterocycles. The Morgan fingerprint density at radius 2 is 2.08 bits per heavy atom. The lowest BCUT2D eigenvalue weighted by Gasteiger charge is -2.36. The number of fused-ring (bicyclic) bond motifs is 1. The summed E-state index contributed by atoms with van der Waals surface area (Å²) < 4.78 is 6.79. The van der Waals surface area contributed by atoms with E-state index >= 15 is 0 Å². The molecule has 0 bridgehead atoms. The van der Waals surface area contributed by atoms with Crippen LogP contribution in [0.3, 0.4) is 0 Å². The smallest absolute Gasteiger partial charge is 0.272 e. The van der Waals surface area contributed by atoms with E-state index in [0.29, 0.717) is 38.5 Å². The Hall–Kier alpha value is -2.19. The van der Waals surface area contributed by atoms with Gasteiger partial charge in [-0.15, -0.1) is 0 Å². The van der Waals surface area contributed by atoms with Crippen LogP contribution in [-0.2, 0) is 9.53 Å². The summed E-state index contributed by atoms with van der Waals surface area (Å²) in [5.74, 6) is 0.135. The molecule has 2 aromatic heterocycles. The summed E-state index contributed by atoms with van der Waals surface area (Å²) in [7, 11) is 0. The molecule has 0 saturated carbocycles. The lowest BCUT2D eigenvalue weighted by Crippen LogP contribution is -2.47. The molecule has 1 atom stereocenters. The van der Waals surface area contributed by atoms with Gasteiger partial charge in [0.15, 0.2) is 5.65 Å². The van der Waals surface area contributed by atoms with Gasteiger partial charge in [0.2, 0.25) is 5.91 Å². The monoisotopic (exact) mass is 359 g/mol. The van der Waals surface area contributed by atoms with Crippen LogP contribution in [0.1, 0.15) is 36.7 Å². The third-order valence-electron chi connectivity index (χ3n) is 5.26. The van der Waals surface area contributed by atoms with Crippen molar-refractivity contribution in [2.45, 2.75) is 32.2 Å². The predicted molar refractivity (Wildman–Crippen MR) is 96.1 cm³/mol. The molecule has 4 rings (SSSR count). The number of aromatic nitrogens is 3. The number of carbonyl (C=O) groups is 1. The number of hydrogen-bond donors (Lipinski definition) is 1. The fraction of sp³-hybridized carbons (Fsp3) is 0.611. The van der Waals surface area contributed by atoms with Gasteiger partial charge >= 0.3 is 0 Å².